The molecule has 0 aliphatic rings. The molecule has 0 saturated carbocycles. The van der Waals surface area contributed by atoms with Crippen molar-refractivity contribution in [1.82, 2.24) is 14.5 Å². The minimum absolute atomic E-state index is 0.138. The van der Waals surface area contributed by atoms with Gasteiger partial charge in [-0.3, -0.25) is 0 Å². The van der Waals surface area contributed by atoms with E-state index in [9.17, 15) is 14.3 Å². The maximum Gasteiger partial charge on any atom is 0.335 e. The molecular weight excluding hydrogens is 530 g/mol. The number of rotatable bonds is 10. The van der Waals surface area contributed by atoms with E-state index in [1.54, 1.807) is 43.5 Å². The van der Waals surface area contributed by atoms with Crippen molar-refractivity contribution in [2.75, 3.05) is 13.7 Å². The Morgan fingerprint density at radius 3 is 2.63 bits per heavy atom. The number of carboxylic acids is 1. The normalized spacial score (nSPS) is 11.0. The maximum atomic E-state index is 15.5. The number of carbonyl (C=O) groups is 1. The molecule has 2 heterocycles. The molecule has 0 amide bonds. The molecule has 41 heavy (non-hydrogen) atoms. The van der Waals surface area contributed by atoms with E-state index in [0.717, 1.165) is 6.07 Å². The Balaban J connectivity index is 1.41. The highest BCUT2D eigenvalue weighted by Gasteiger charge is 2.17. The second kappa shape index (κ2) is 11.9. The van der Waals surface area contributed by atoms with Crippen molar-refractivity contribution in [2.45, 2.75) is 19.6 Å². The van der Waals surface area contributed by atoms with Gasteiger partial charge in [0.05, 0.1) is 34.8 Å². The van der Waals surface area contributed by atoms with Crippen LogP contribution < -0.4 is 4.74 Å². The number of nitriles is 1. The molecule has 0 fully saturated rings. The number of aromatic carboxylic acids is 1. The van der Waals surface area contributed by atoms with Crippen molar-refractivity contribution in [2.24, 2.45) is 0 Å². The smallest absolute Gasteiger partial charge is 0.335 e. The van der Waals surface area contributed by atoms with Gasteiger partial charge in [0.15, 0.2) is 0 Å². The number of hydrogen-bond donors (Lipinski definition) is 1. The number of ether oxygens (including phenoxy) is 2. The zero-order chi connectivity index (χ0) is 28.9. The fourth-order valence-corrected chi connectivity index (χ4v) is 4.53. The minimum Gasteiger partial charge on any atom is -0.478 e. The van der Waals surface area contributed by atoms with Gasteiger partial charge in [-0.25, -0.2) is 23.5 Å². The Morgan fingerprint density at radius 2 is 1.90 bits per heavy atom. The molecule has 8 nitrogen and oxygen atoms in total. The number of fused-ring (bicyclic) bond motifs is 1. The summed E-state index contributed by atoms with van der Waals surface area (Å²) in [7, 11) is 1.58. The monoisotopic (exact) mass is 554 g/mol. The molecular formula is C31H24F2N4O4. The third kappa shape index (κ3) is 5.90. The van der Waals surface area contributed by atoms with E-state index in [0.29, 0.717) is 47.6 Å². The highest BCUT2D eigenvalue weighted by Crippen LogP contribution is 2.32. The van der Waals surface area contributed by atoms with Crippen LogP contribution in [0.5, 0.6) is 5.88 Å². The predicted molar refractivity (Wildman–Crippen MR) is 146 cm³/mol. The molecule has 0 radical (unpaired) electrons. The van der Waals surface area contributed by atoms with Crippen LogP contribution in [-0.4, -0.2) is 39.3 Å². The molecule has 3 aromatic carbocycles. The molecule has 1 N–H and O–H groups in total. The summed E-state index contributed by atoms with van der Waals surface area (Å²) >= 11 is 0. The number of aromatic nitrogens is 3. The molecule has 0 unspecified atom stereocenters. The van der Waals surface area contributed by atoms with E-state index in [1.165, 1.54) is 30.5 Å². The summed E-state index contributed by atoms with van der Waals surface area (Å²) in [6.45, 7) is 0.684. The van der Waals surface area contributed by atoms with Crippen molar-refractivity contribution in [3.05, 3.63) is 113 Å². The van der Waals surface area contributed by atoms with Gasteiger partial charge in [-0.2, -0.15) is 5.26 Å². The van der Waals surface area contributed by atoms with Crippen molar-refractivity contribution in [3.63, 3.8) is 0 Å². The number of methoxy groups -OCH3 is 1. The first-order valence-corrected chi connectivity index (χ1v) is 12.6. The lowest BCUT2D eigenvalue weighted by atomic mass is 10.0. The van der Waals surface area contributed by atoms with Crippen molar-refractivity contribution >= 4 is 17.0 Å². The predicted octanol–water partition coefficient (Wildman–Crippen LogP) is 5.76. The quantitative estimate of drug-likeness (QED) is 0.234. The van der Waals surface area contributed by atoms with Crippen molar-refractivity contribution in [1.29, 1.82) is 5.26 Å². The second-order valence-electron chi connectivity index (χ2n) is 9.23. The van der Waals surface area contributed by atoms with E-state index in [-0.39, 0.29) is 34.7 Å². The number of halogens is 2. The van der Waals surface area contributed by atoms with E-state index < -0.39 is 17.6 Å². The zero-order valence-corrected chi connectivity index (χ0v) is 22.0. The van der Waals surface area contributed by atoms with Gasteiger partial charge in [0.2, 0.25) is 5.88 Å². The number of pyridine rings is 1. The van der Waals surface area contributed by atoms with Gasteiger partial charge in [-0.1, -0.05) is 18.2 Å². The molecule has 0 aliphatic heterocycles. The number of carboxylic acid groups (broad SMARTS) is 1. The fourth-order valence-electron chi connectivity index (χ4n) is 4.53. The van der Waals surface area contributed by atoms with Crippen LogP contribution in [0.25, 0.3) is 22.2 Å². The molecule has 2 aromatic heterocycles. The topological polar surface area (TPSA) is 110 Å². The van der Waals surface area contributed by atoms with Gasteiger partial charge in [-0.15, -0.1) is 0 Å². The molecule has 0 spiro atoms. The molecule has 0 aliphatic carbocycles. The summed E-state index contributed by atoms with van der Waals surface area (Å²) in [5.74, 6) is -1.34. The summed E-state index contributed by atoms with van der Waals surface area (Å²) in [5.41, 5.74) is 3.20. The van der Waals surface area contributed by atoms with Crippen molar-refractivity contribution in [3.8, 4) is 23.1 Å². The molecule has 0 saturated heterocycles. The molecule has 10 heteroatoms. The van der Waals surface area contributed by atoms with E-state index in [1.807, 2.05) is 10.6 Å². The van der Waals surface area contributed by atoms with E-state index in [4.69, 9.17) is 14.7 Å². The largest absolute Gasteiger partial charge is 0.478 e. The van der Waals surface area contributed by atoms with Gasteiger partial charge in [0.1, 0.15) is 24.1 Å². The van der Waals surface area contributed by atoms with Crippen LogP contribution >= 0.6 is 0 Å². The first-order valence-electron chi connectivity index (χ1n) is 12.6. The molecule has 5 aromatic rings. The number of imidazole rings is 1. The molecule has 206 valence electrons. The lowest BCUT2D eigenvalue weighted by molar-refractivity contribution is 0.0697. The van der Waals surface area contributed by atoms with Crippen LogP contribution in [0.1, 0.15) is 32.9 Å². The third-order valence-corrected chi connectivity index (χ3v) is 6.60. The third-order valence-electron chi connectivity index (χ3n) is 6.60. The first-order chi connectivity index (χ1) is 19.9. The zero-order valence-electron chi connectivity index (χ0n) is 22.0. The average Bonchev–Trinajstić information content (AvgIpc) is 3.31. The van der Waals surface area contributed by atoms with Gasteiger partial charge in [0, 0.05) is 43.0 Å². The van der Waals surface area contributed by atoms with E-state index in [2.05, 4.69) is 9.97 Å². The van der Waals surface area contributed by atoms with Crippen molar-refractivity contribution < 1.29 is 28.2 Å². The van der Waals surface area contributed by atoms with Crippen LogP contribution in [-0.2, 0) is 24.3 Å². The Morgan fingerprint density at radius 1 is 1.05 bits per heavy atom. The van der Waals surface area contributed by atoms with Crippen LogP contribution in [0.2, 0.25) is 0 Å². The second-order valence-corrected chi connectivity index (χ2v) is 9.23. The van der Waals surface area contributed by atoms with Gasteiger partial charge in [-0.05, 0) is 54.1 Å². The minimum atomic E-state index is -1.04. The van der Waals surface area contributed by atoms with Crippen LogP contribution in [0.4, 0.5) is 8.78 Å². The number of nitrogens with zero attached hydrogens (tertiary/aromatic N) is 4. The summed E-state index contributed by atoms with van der Waals surface area (Å²) < 4.78 is 42.7. The summed E-state index contributed by atoms with van der Waals surface area (Å²) in [5, 5.41) is 18.3. The van der Waals surface area contributed by atoms with Crippen LogP contribution in [0.3, 0.4) is 0 Å². The average molecular weight is 555 g/mol. The summed E-state index contributed by atoms with van der Waals surface area (Å²) in [4.78, 5) is 20.4. The SMILES string of the molecule is COCCn1c(Cc2ccc(-c3cccnc3OCc3ccc(C#N)cc3F)c(F)c2)nc2ccc(C(=O)O)cc21. The lowest BCUT2D eigenvalue weighted by Gasteiger charge is -2.13. The summed E-state index contributed by atoms with van der Waals surface area (Å²) in [6.07, 6.45) is 1.80. The number of hydrogen-bond acceptors (Lipinski definition) is 6. The van der Waals surface area contributed by atoms with Gasteiger partial charge >= 0.3 is 5.97 Å². The highest BCUT2D eigenvalue weighted by molar-refractivity contribution is 5.92. The molecule has 0 atom stereocenters. The van der Waals surface area contributed by atoms with E-state index >= 15 is 4.39 Å². The standard InChI is InChI=1S/C31H24F2N4O4/c1-40-12-11-37-28-16-21(31(38)39)7-9-27(28)36-29(37)15-19-5-8-23(26(33)13-19)24-3-2-10-35-30(24)41-18-22-6-4-20(17-34)14-25(22)32/h2-10,13-14,16H,11-12,15,18H2,1H3,(H,38,39). The maximum absolute atomic E-state index is 15.5. The lowest BCUT2D eigenvalue weighted by Crippen LogP contribution is -2.09. The highest BCUT2D eigenvalue weighted by atomic mass is 19.1. The van der Waals surface area contributed by atoms with Gasteiger partial charge < -0.3 is 19.1 Å². The van der Waals surface area contributed by atoms with Crippen LogP contribution in [0, 0.1) is 23.0 Å². The molecule has 0 bridgehead atoms. The Kier molecular flexibility index (Phi) is 7.99. The Hall–Kier alpha value is -5.14. The van der Waals surface area contributed by atoms with Gasteiger partial charge in [0.25, 0.3) is 0 Å². The summed E-state index contributed by atoms with van der Waals surface area (Å²) in [6, 6.07) is 18.8. The fraction of sp³-hybridized carbons (Fsp3) is 0.161. The number of benzene rings is 3. The molecule has 5 rings (SSSR count). The first kappa shape index (κ1) is 27.4. The van der Waals surface area contributed by atoms with Crippen LogP contribution in [0.15, 0.2) is 72.9 Å². The Bertz CT molecular complexity index is 1800. The Labute approximate surface area is 234 Å².